The predicted octanol–water partition coefficient (Wildman–Crippen LogP) is 2.29. The van der Waals surface area contributed by atoms with Crippen LogP contribution in [0.3, 0.4) is 0 Å². The van der Waals surface area contributed by atoms with Gasteiger partial charge in [0.25, 0.3) is 5.91 Å². The Labute approximate surface area is 163 Å². The monoisotopic (exact) mass is 380 g/mol. The third kappa shape index (κ3) is 3.96. The zero-order valence-electron chi connectivity index (χ0n) is 16.2. The lowest BCUT2D eigenvalue weighted by Gasteiger charge is -2.33. The highest BCUT2D eigenvalue weighted by molar-refractivity contribution is 5.92. The van der Waals surface area contributed by atoms with Gasteiger partial charge < -0.3 is 9.42 Å². The smallest absolute Gasteiger partial charge is 0.274 e. The van der Waals surface area contributed by atoms with E-state index in [1.54, 1.807) is 0 Å². The van der Waals surface area contributed by atoms with Gasteiger partial charge in [-0.3, -0.25) is 14.8 Å². The van der Waals surface area contributed by atoms with Crippen molar-refractivity contribution in [3.8, 4) is 11.4 Å². The number of rotatable bonds is 5. The van der Waals surface area contributed by atoms with Gasteiger partial charge in [-0.05, 0) is 19.4 Å². The molecule has 1 amide bonds. The summed E-state index contributed by atoms with van der Waals surface area (Å²) in [6.07, 6.45) is 0.836. The molecule has 8 nitrogen and oxygen atoms in total. The fraction of sp³-hybridized carbons (Fsp3) is 0.400. The lowest BCUT2D eigenvalue weighted by Crippen LogP contribution is -2.48. The Morgan fingerprint density at radius 2 is 1.93 bits per heavy atom. The molecular weight excluding hydrogens is 356 g/mol. The number of hydrogen-bond donors (Lipinski definition) is 1. The number of nitrogens with zero attached hydrogens (tertiary/aromatic N) is 5. The van der Waals surface area contributed by atoms with E-state index >= 15 is 0 Å². The van der Waals surface area contributed by atoms with Gasteiger partial charge in [0.1, 0.15) is 5.69 Å². The maximum absolute atomic E-state index is 12.6. The van der Waals surface area contributed by atoms with E-state index in [0.29, 0.717) is 37.0 Å². The summed E-state index contributed by atoms with van der Waals surface area (Å²) in [5, 5.41) is 11.1. The number of carbonyl (C=O) groups excluding carboxylic acids is 1. The first-order valence-electron chi connectivity index (χ1n) is 9.58. The Kier molecular flexibility index (Phi) is 5.21. The molecule has 1 aliphatic heterocycles. The van der Waals surface area contributed by atoms with Gasteiger partial charge in [-0.1, -0.05) is 41.9 Å². The van der Waals surface area contributed by atoms with Crippen molar-refractivity contribution in [2.75, 3.05) is 26.2 Å². The summed E-state index contributed by atoms with van der Waals surface area (Å²) in [7, 11) is 0. The molecule has 0 spiro atoms. The highest BCUT2D eigenvalue weighted by Crippen LogP contribution is 2.17. The molecule has 8 heteroatoms. The van der Waals surface area contributed by atoms with Crippen LogP contribution in [-0.2, 0) is 13.0 Å². The fourth-order valence-electron chi connectivity index (χ4n) is 3.25. The number of aromatic amines is 1. The molecule has 1 N–H and O–H groups in total. The van der Waals surface area contributed by atoms with Crippen LogP contribution < -0.4 is 0 Å². The molecule has 0 unspecified atom stereocenters. The Morgan fingerprint density at radius 3 is 2.61 bits per heavy atom. The molecule has 0 saturated carbocycles. The molecule has 1 fully saturated rings. The minimum Gasteiger partial charge on any atom is -0.338 e. The average molecular weight is 380 g/mol. The van der Waals surface area contributed by atoms with E-state index in [0.717, 1.165) is 30.8 Å². The molecule has 3 aromatic rings. The largest absolute Gasteiger partial charge is 0.338 e. The molecule has 0 radical (unpaired) electrons. The quantitative estimate of drug-likeness (QED) is 0.730. The lowest BCUT2D eigenvalue weighted by atomic mass is 10.1. The molecule has 28 heavy (non-hydrogen) atoms. The number of benzene rings is 1. The zero-order valence-corrected chi connectivity index (χ0v) is 16.2. The second-order valence-corrected chi connectivity index (χ2v) is 7.08. The topological polar surface area (TPSA) is 91.2 Å². The lowest BCUT2D eigenvalue weighted by molar-refractivity contribution is 0.0609. The fourth-order valence-corrected chi connectivity index (χ4v) is 3.25. The summed E-state index contributed by atoms with van der Waals surface area (Å²) in [5.41, 5.74) is 3.61. The van der Waals surface area contributed by atoms with Gasteiger partial charge in [-0.25, -0.2) is 0 Å². The molecule has 146 valence electrons. The highest BCUT2D eigenvalue weighted by atomic mass is 16.5. The molecule has 0 bridgehead atoms. The van der Waals surface area contributed by atoms with Crippen LogP contribution in [0, 0.1) is 6.92 Å². The van der Waals surface area contributed by atoms with Crippen LogP contribution in [0.4, 0.5) is 0 Å². The summed E-state index contributed by atoms with van der Waals surface area (Å²) in [6.45, 7) is 7.51. The van der Waals surface area contributed by atoms with Crippen LogP contribution >= 0.6 is 0 Å². The van der Waals surface area contributed by atoms with Crippen LogP contribution in [0.1, 0.15) is 34.6 Å². The normalized spacial score (nSPS) is 15.1. The number of aryl methyl sites for hydroxylation is 2. The first-order chi connectivity index (χ1) is 13.6. The van der Waals surface area contributed by atoms with Crippen molar-refractivity contribution in [1.29, 1.82) is 0 Å². The molecule has 1 saturated heterocycles. The van der Waals surface area contributed by atoms with Crippen molar-refractivity contribution in [2.45, 2.75) is 26.8 Å². The Morgan fingerprint density at radius 1 is 1.18 bits per heavy atom. The third-order valence-electron chi connectivity index (χ3n) is 5.03. The van der Waals surface area contributed by atoms with Crippen LogP contribution in [0.25, 0.3) is 11.4 Å². The number of nitrogens with one attached hydrogen (secondary N) is 1. The second-order valence-electron chi connectivity index (χ2n) is 7.08. The highest BCUT2D eigenvalue weighted by Gasteiger charge is 2.24. The number of carbonyl (C=O) groups is 1. The standard InChI is InChI=1S/C20H24N6O2/c1-3-16-12-17(23-22-16)20(27)26-10-8-25(9-11-26)13-18-21-19(24-28-18)15-6-4-14(2)5-7-15/h4-7,12H,3,8-11,13H2,1-2H3,(H,22,23). The van der Waals surface area contributed by atoms with Crippen molar-refractivity contribution in [3.05, 3.63) is 53.2 Å². The van der Waals surface area contributed by atoms with Crippen LogP contribution in [0.15, 0.2) is 34.9 Å². The zero-order chi connectivity index (χ0) is 19.5. The van der Waals surface area contributed by atoms with Gasteiger partial charge in [0.15, 0.2) is 0 Å². The molecule has 0 aliphatic carbocycles. The van der Waals surface area contributed by atoms with Gasteiger partial charge in [0, 0.05) is 37.4 Å². The third-order valence-corrected chi connectivity index (χ3v) is 5.03. The Balaban J connectivity index is 1.32. The minimum absolute atomic E-state index is 0.0185. The van der Waals surface area contributed by atoms with Gasteiger partial charge in [-0.15, -0.1) is 0 Å². The number of hydrogen-bond acceptors (Lipinski definition) is 6. The molecule has 3 heterocycles. The van der Waals surface area contributed by atoms with E-state index in [4.69, 9.17) is 4.52 Å². The molecule has 2 aromatic heterocycles. The number of amides is 1. The molecule has 1 aliphatic rings. The Bertz CT molecular complexity index is 938. The average Bonchev–Trinajstić information content (AvgIpc) is 3.38. The van der Waals surface area contributed by atoms with E-state index in [2.05, 4.69) is 25.2 Å². The Hall–Kier alpha value is -3.00. The molecular formula is C20H24N6O2. The van der Waals surface area contributed by atoms with Crippen molar-refractivity contribution in [3.63, 3.8) is 0 Å². The number of aromatic nitrogens is 4. The number of H-pyrrole nitrogens is 1. The van der Waals surface area contributed by atoms with Crippen molar-refractivity contribution < 1.29 is 9.32 Å². The van der Waals surface area contributed by atoms with Gasteiger partial charge in [0.05, 0.1) is 6.54 Å². The summed E-state index contributed by atoms with van der Waals surface area (Å²) in [6, 6.07) is 9.88. The maximum Gasteiger partial charge on any atom is 0.274 e. The van der Waals surface area contributed by atoms with E-state index in [-0.39, 0.29) is 5.91 Å². The maximum atomic E-state index is 12.6. The van der Waals surface area contributed by atoms with Crippen LogP contribution in [0.2, 0.25) is 0 Å². The summed E-state index contributed by atoms with van der Waals surface area (Å²) < 4.78 is 5.41. The number of piperazine rings is 1. The van der Waals surface area contributed by atoms with Crippen LogP contribution in [0.5, 0.6) is 0 Å². The summed E-state index contributed by atoms with van der Waals surface area (Å²) >= 11 is 0. The van der Waals surface area contributed by atoms with Crippen molar-refractivity contribution in [2.24, 2.45) is 0 Å². The van der Waals surface area contributed by atoms with E-state index < -0.39 is 0 Å². The van der Waals surface area contributed by atoms with E-state index in [9.17, 15) is 4.79 Å². The second kappa shape index (κ2) is 7.93. The first-order valence-corrected chi connectivity index (χ1v) is 9.58. The van der Waals surface area contributed by atoms with E-state index in [1.807, 2.05) is 49.1 Å². The first kappa shape index (κ1) is 18.4. The summed E-state index contributed by atoms with van der Waals surface area (Å²) in [4.78, 5) is 21.1. The predicted molar refractivity (Wildman–Crippen MR) is 104 cm³/mol. The minimum atomic E-state index is -0.0185. The van der Waals surface area contributed by atoms with Crippen LogP contribution in [-0.4, -0.2) is 62.2 Å². The SMILES string of the molecule is CCc1cc(C(=O)N2CCN(Cc3nc(-c4ccc(C)cc4)no3)CC2)n[nH]1. The van der Waals surface area contributed by atoms with Crippen molar-refractivity contribution >= 4 is 5.91 Å². The van der Waals surface area contributed by atoms with E-state index in [1.165, 1.54) is 5.56 Å². The van der Waals surface area contributed by atoms with Gasteiger partial charge >= 0.3 is 0 Å². The molecule has 4 rings (SSSR count). The van der Waals surface area contributed by atoms with Gasteiger partial charge in [-0.2, -0.15) is 10.1 Å². The summed E-state index contributed by atoms with van der Waals surface area (Å²) in [5.74, 6) is 1.18. The van der Waals surface area contributed by atoms with Crippen molar-refractivity contribution in [1.82, 2.24) is 30.1 Å². The molecule has 1 aromatic carbocycles. The molecule has 0 atom stereocenters. The van der Waals surface area contributed by atoms with Gasteiger partial charge in [0.2, 0.25) is 11.7 Å².